The van der Waals surface area contributed by atoms with Crippen LogP contribution in [0.2, 0.25) is 0 Å². The predicted octanol–water partition coefficient (Wildman–Crippen LogP) is 2.94. The van der Waals surface area contributed by atoms with Crippen LogP contribution in [0.1, 0.15) is 19.4 Å². The third-order valence-electron chi connectivity index (χ3n) is 2.51. The summed E-state index contributed by atoms with van der Waals surface area (Å²) in [4.78, 5) is 10.9. The highest BCUT2D eigenvalue weighted by molar-refractivity contribution is 5.82. The number of carbonyl (C=O) groups is 1. The average Bonchev–Trinajstić information content (AvgIpc) is 2.34. The van der Waals surface area contributed by atoms with Crippen LogP contribution >= 0.6 is 0 Å². The van der Waals surface area contributed by atoms with Crippen molar-refractivity contribution < 1.29 is 14.3 Å². The number of methoxy groups -OCH3 is 2. The van der Waals surface area contributed by atoms with E-state index in [0.29, 0.717) is 11.5 Å². The van der Waals surface area contributed by atoms with Crippen molar-refractivity contribution in [3.63, 3.8) is 0 Å². The molecule has 0 N–H and O–H groups in total. The largest absolute Gasteiger partial charge is 0.497 e. The molecule has 0 heterocycles. The molecule has 0 saturated carbocycles. The highest BCUT2D eigenvalue weighted by Gasteiger charge is 2.04. The number of benzene rings is 1. The Morgan fingerprint density at radius 2 is 1.65 bits per heavy atom. The number of hydrogen-bond donors (Lipinski definition) is 0. The highest BCUT2D eigenvalue weighted by atomic mass is 16.5. The van der Waals surface area contributed by atoms with Gasteiger partial charge >= 0.3 is 0 Å². The van der Waals surface area contributed by atoms with Gasteiger partial charge in [0.1, 0.15) is 17.8 Å². The minimum Gasteiger partial charge on any atom is -0.497 e. The molecule has 0 unspecified atom stereocenters. The monoisotopic (exact) mass is 234 g/mol. The van der Waals surface area contributed by atoms with Crippen molar-refractivity contribution >= 4 is 12.4 Å². The second kappa shape index (κ2) is 6.09. The van der Waals surface area contributed by atoms with Gasteiger partial charge in [-0.25, -0.2) is 0 Å². The lowest BCUT2D eigenvalue weighted by Crippen LogP contribution is -1.95. The normalized spacial score (nSPS) is 11.5. The van der Waals surface area contributed by atoms with Crippen LogP contribution in [0.15, 0.2) is 23.8 Å². The molecule has 0 atom stereocenters. The minimum atomic E-state index is 0.199. The Hall–Kier alpha value is -1.77. The lowest BCUT2D eigenvalue weighted by atomic mass is 10.0. The molecule has 0 aliphatic rings. The number of carbonyl (C=O) groups excluding carboxylic acids is 1. The number of aldehydes is 1. The topological polar surface area (TPSA) is 35.5 Å². The van der Waals surface area contributed by atoms with Gasteiger partial charge in [-0.05, 0) is 35.3 Å². The summed E-state index contributed by atoms with van der Waals surface area (Å²) < 4.78 is 10.4. The van der Waals surface area contributed by atoms with Crippen molar-refractivity contribution in [3.8, 4) is 11.5 Å². The van der Waals surface area contributed by atoms with Crippen molar-refractivity contribution in [2.45, 2.75) is 13.8 Å². The van der Waals surface area contributed by atoms with Crippen LogP contribution in [0.4, 0.5) is 0 Å². The molecule has 0 aliphatic heterocycles. The average molecular weight is 234 g/mol. The highest BCUT2D eigenvalue weighted by Crippen LogP contribution is 2.24. The summed E-state index contributed by atoms with van der Waals surface area (Å²) >= 11 is 0. The first-order valence-corrected chi connectivity index (χ1v) is 5.50. The molecule has 17 heavy (non-hydrogen) atoms. The van der Waals surface area contributed by atoms with Gasteiger partial charge in [-0.15, -0.1) is 0 Å². The Labute approximate surface area is 102 Å². The maximum Gasteiger partial charge on any atom is 0.146 e. The van der Waals surface area contributed by atoms with E-state index in [2.05, 4.69) is 0 Å². The zero-order valence-corrected chi connectivity index (χ0v) is 10.7. The van der Waals surface area contributed by atoms with E-state index >= 15 is 0 Å². The van der Waals surface area contributed by atoms with Gasteiger partial charge in [0.15, 0.2) is 0 Å². The molecule has 92 valence electrons. The first-order valence-electron chi connectivity index (χ1n) is 5.50. The summed E-state index contributed by atoms with van der Waals surface area (Å²) in [6, 6.07) is 5.54. The van der Waals surface area contributed by atoms with E-state index in [9.17, 15) is 4.79 Å². The Bertz CT molecular complexity index is 397. The Balaban J connectivity index is 3.16. The fourth-order valence-electron chi connectivity index (χ4n) is 1.44. The smallest absolute Gasteiger partial charge is 0.146 e. The summed E-state index contributed by atoms with van der Waals surface area (Å²) in [6.07, 6.45) is 2.74. The number of allylic oxidation sites excluding steroid dienone is 1. The lowest BCUT2D eigenvalue weighted by molar-refractivity contribution is -0.105. The molecule has 0 aromatic heterocycles. The Morgan fingerprint density at radius 1 is 1.12 bits per heavy atom. The molecule has 1 aromatic carbocycles. The first kappa shape index (κ1) is 13.3. The van der Waals surface area contributed by atoms with Crippen LogP contribution in [-0.2, 0) is 4.79 Å². The van der Waals surface area contributed by atoms with Crippen LogP contribution in [0.3, 0.4) is 0 Å². The van der Waals surface area contributed by atoms with Crippen molar-refractivity contribution in [2.24, 2.45) is 5.92 Å². The number of hydrogen-bond acceptors (Lipinski definition) is 3. The molecule has 0 fully saturated rings. The predicted molar refractivity (Wildman–Crippen MR) is 68.4 cm³/mol. The van der Waals surface area contributed by atoms with Gasteiger partial charge in [-0.3, -0.25) is 4.79 Å². The molecule has 0 saturated heterocycles. The van der Waals surface area contributed by atoms with E-state index < -0.39 is 0 Å². The van der Waals surface area contributed by atoms with Crippen LogP contribution in [0.5, 0.6) is 11.5 Å². The number of ether oxygens (including phenoxy) is 2. The standard InChI is InChI=1S/C14H18O3/c1-10(2)12(9-15)5-11-6-13(16-3)8-14(7-11)17-4/h5-10H,1-4H3. The summed E-state index contributed by atoms with van der Waals surface area (Å²) in [7, 11) is 3.21. The summed E-state index contributed by atoms with van der Waals surface area (Å²) in [5.41, 5.74) is 1.65. The SMILES string of the molecule is COc1cc(C=C(C=O)C(C)C)cc(OC)c1. The van der Waals surface area contributed by atoms with Crippen molar-refractivity contribution in [3.05, 3.63) is 29.3 Å². The molecule has 3 nitrogen and oxygen atoms in total. The maximum atomic E-state index is 10.9. The molecule has 0 bridgehead atoms. The van der Waals surface area contributed by atoms with Gasteiger partial charge < -0.3 is 9.47 Å². The van der Waals surface area contributed by atoms with E-state index in [-0.39, 0.29) is 5.92 Å². The molecular formula is C14H18O3. The molecule has 0 aliphatic carbocycles. The second-order valence-electron chi connectivity index (χ2n) is 4.06. The summed E-state index contributed by atoms with van der Waals surface area (Å²) in [5, 5.41) is 0. The van der Waals surface area contributed by atoms with E-state index in [0.717, 1.165) is 17.4 Å². The zero-order chi connectivity index (χ0) is 12.8. The third-order valence-corrected chi connectivity index (χ3v) is 2.51. The molecule has 1 aromatic rings. The van der Waals surface area contributed by atoms with Gasteiger partial charge in [-0.2, -0.15) is 0 Å². The Kier molecular flexibility index (Phi) is 4.76. The van der Waals surface area contributed by atoms with Crippen LogP contribution in [-0.4, -0.2) is 20.5 Å². The molecular weight excluding hydrogens is 216 g/mol. The summed E-state index contributed by atoms with van der Waals surface area (Å²) in [6.45, 7) is 3.97. The molecule has 0 amide bonds. The van der Waals surface area contributed by atoms with Crippen molar-refractivity contribution in [1.29, 1.82) is 0 Å². The maximum absolute atomic E-state index is 10.9. The van der Waals surface area contributed by atoms with E-state index in [1.165, 1.54) is 0 Å². The Morgan fingerprint density at radius 3 is 2.00 bits per heavy atom. The molecule has 1 rings (SSSR count). The van der Waals surface area contributed by atoms with E-state index in [1.807, 2.05) is 32.1 Å². The molecule has 0 spiro atoms. The van der Waals surface area contributed by atoms with Gasteiger partial charge in [0.25, 0.3) is 0 Å². The van der Waals surface area contributed by atoms with Crippen LogP contribution in [0.25, 0.3) is 6.08 Å². The van der Waals surface area contributed by atoms with Crippen LogP contribution in [0, 0.1) is 5.92 Å². The van der Waals surface area contributed by atoms with Crippen molar-refractivity contribution in [1.82, 2.24) is 0 Å². The van der Waals surface area contributed by atoms with Gasteiger partial charge in [0.05, 0.1) is 14.2 Å². The first-order chi connectivity index (χ1) is 8.10. The van der Waals surface area contributed by atoms with Gasteiger partial charge in [0.2, 0.25) is 0 Å². The van der Waals surface area contributed by atoms with E-state index in [4.69, 9.17) is 9.47 Å². The fourth-order valence-corrected chi connectivity index (χ4v) is 1.44. The minimum absolute atomic E-state index is 0.199. The van der Waals surface area contributed by atoms with Gasteiger partial charge in [-0.1, -0.05) is 13.8 Å². The number of rotatable bonds is 5. The second-order valence-corrected chi connectivity index (χ2v) is 4.06. The van der Waals surface area contributed by atoms with Crippen molar-refractivity contribution in [2.75, 3.05) is 14.2 Å². The van der Waals surface area contributed by atoms with E-state index in [1.54, 1.807) is 20.3 Å². The zero-order valence-electron chi connectivity index (χ0n) is 10.7. The van der Waals surface area contributed by atoms with Crippen LogP contribution < -0.4 is 9.47 Å². The fraction of sp³-hybridized carbons (Fsp3) is 0.357. The quantitative estimate of drug-likeness (QED) is 0.580. The lowest BCUT2D eigenvalue weighted by Gasteiger charge is -2.08. The molecule has 0 radical (unpaired) electrons. The third kappa shape index (κ3) is 3.63. The van der Waals surface area contributed by atoms with Gasteiger partial charge in [0, 0.05) is 6.07 Å². The molecule has 3 heteroatoms. The summed E-state index contributed by atoms with van der Waals surface area (Å²) in [5.74, 6) is 1.62.